The molecule has 0 aliphatic carbocycles. The smallest absolute Gasteiger partial charge is 0.205 e. The van der Waals surface area contributed by atoms with Crippen molar-refractivity contribution in [2.45, 2.75) is 19.8 Å². The quantitative estimate of drug-likeness (QED) is 0.463. The van der Waals surface area contributed by atoms with Gasteiger partial charge in [0.05, 0.1) is 6.42 Å². The lowest BCUT2D eigenvalue weighted by Gasteiger charge is -2.03. The SMILES string of the molecule is CC(=O)C(=O)CC(=O)c1ccsc1Cc1cccc(Cl)c1. The molecule has 0 amide bonds. The summed E-state index contributed by atoms with van der Waals surface area (Å²) in [6, 6.07) is 9.11. The van der Waals surface area contributed by atoms with Gasteiger partial charge in [0, 0.05) is 28.8 Å². The Morgan fingerprint density at radius 2 is 1.95 bits per heavy atom. The van der Waals surface area contributed by atoms with Crippen molar-refractivity contribution < 1.29 is 14.4 Å². The molecule has 5 heteroatoms. The molecule has 0 fully saturated rings. The van der Waals surface area contributed by atoms with Crippen LogP contribution >= 0.6 is 22.9 Å². The monoisotopic (exact) mass is 320 g/mol. The van der Waals surface area contributed by atoms with Crippen molar-refractivity contribution in [1.29, 1.82) is 0 Å². The summed E-state index contributed by atoms with van der Waals surface area (Å²) in [5.74, 6) is -1.55. The van der Waals surface area contributed by atoms with Gasteiger partial charge in [-0.2, -0.15) is 0 Å². The molecule has 1 aromatic heterocycles. The van der Waals surface area contributed by atoms with E-state index < -0.39 is 11.6 Å². The van der Waals surface area contributed by atoms with Crippen molar-refractivity contribution in [3.8, 4) is 0 Å². The molecule has 0 saturated carbocycles. The summed E-state index contributed by atoms with van der Waals surface area (Å²) in [4.78, 5) is 35.3. The molecule has 0 bridgehead atoms. The Labute approximate surface area is 131 Å². The third kappa shape index (κ3) is 4.09. The zero-order valence-electron chi connectivity index (χ0n) is 11.4. The molecule has 0 saturated heterocycles. The van der Waals surface area contributed by atoms with E-state index in [1.165, 1.54) is 18.3 Å². The van der Waals surface area contributed by atoms with Gasteiger partial charge in [-0.15, -0.1) is 11.3 Å². The first-order valence-electron chi connectivity index (χ1n) is 6.35. The first-order valence-corrected chi connectivity index (χ1v) is 7.61. The van der Waals surface area contributed by atoms with Crippen LogP contribution in [0.15, 0.2) is 35.7 Å². The third-order valence-electron chi connectivity index (χ3n) is 3.01. The molecule has 2 rings (SSSR count). The van der Waals surface area contributed by atoms with Crippen LogP contribution in [0.2, 0.25) is 5.02 Å². The topological polar surface area (TPSA) is 51.2 Å². The lowest BCUT2D eigenvalue weighted by Crippen LogP contribution is -2.15. The van der Waals surface area contributed by atoms with E-state index in [1.54, 1.807) is 12.1 Å². The van der Waals surface area contributed by atoms with E-state index >= 15 is 0 Å². The minimum atomic E-state index is -0.653. The fourth-order valence-corrected chi connectivity index (χ4v) is 3.06. The molecule has 2 aromatic rings. The largest absolute Gasteiger partial charge is 0.294 e. The van der Waals surface area contributed by atoms with Gasteiger partial charge < -0.3 is 0 Å². The fourth-order valence-electron chi connectivity index (χ4n) is 1.92. The Bertz CT molecular complexity index is 703. The first kappa shape index (κ1) is 15.6. The normalized spacial score (nSPS) is 10.4. The van der Waals surface area contributed by atoms with Gasteiger partial charge in [-0.1, -0.05) is 23.7 Å². The highest BCUT2D eigenvalue weighted by Gasteiger charge is 2.19. The molecule has 0 radical (unpaired) electrons. The Hall–Kier alpha value is -1.78. The molecule has 0 aliphatic heterocycles. The van der Waals surface area contributed by atoms with Crippen LogP contribution in [0.4, 0.5) is 0 Å². The van der Waals surface area contributed by atoms with E-state index in [1.807, 2.05) is 23.6 Å². The Morgan fingerprint density at radius 1 is 1.19 bits per heavy atom. The molecule has 0 N–H and O–H groups in total. The van der Waals surface area contributed by atoms with Crippen LogP contribution in [-0.2, 0) is 16.0 Å². The molecular weight excluding hydrogens is 308 g/mol. The number of benzene rings is 1. The number of hydrogen-bond donors (Lipinski definition) is 0. The maximum atomic E-state index is 12.1. The van der Waals surface area contributed by atoms with E-state index in [0.717, 1.165) is 10.4 Å². The second kappa shape index (κ2) is 6.78. The van der Waals surface area contributed by atoms with E-state index in [-0.39, 0.29) is 12.2 Å². The zero-order chi connectivity index (χ0) is 15.4. The number of thiophene rings is 1. The maximum Gasteiger partial charge on any atom is 0.205 e. The van der Waals surface area contributed by atoms with Gasteiger partial charge in [0.25, 0.3) is 0 Å². The summed E-state index contributed by atoms with van der Waals surface area (Å²) in [5, 5.41) is 2.45. The second-order valence-corrected chi connectivity index (χ2v) is 6.08. The molecule has 1 aromatic carbocycles. The van der Waals surface area contributed by atoms with Crippen LogP contribution < -0.4 is 0 Å². The number of rotatable bonds is 6. The molecule has 21 heavy (non-hydrogen) atoms. The van der Waals surface area contributed by atoms with Gasteiger partial charge in [-0.3, -0.25) is 14.4 Å². The van der Waals surface area contributed by atoms with E-state index in [2.05, 4.69) is 0 Å². The van der Waals surface area contributed by atoms with E-state index in [0.29, 0.717) is 17.0 Å². The lowest BCUT2D eigenvalue weighted by molar-refractivity contribution is -0.134. The van der Waals surface area contributed by atoms with Crippen molar-refractivity contribution in [2.24, 2.45) is 0 Å². The number of carbonyl (C=O) groups is 3. The van der Waals surface area contributed by atoms with Gasteiger partial charge in [0.15, 0.2) is 11.6 Å². The van der Waals surface area contributed by atoms with Gasteiger partial charge in [0.2, 0.25) is 5.78 Å². The van der Waals surface area contributed by atoms with Crippen LogP contribution in [0, 0.1) is 0 Å². The number of hydrogen-bond acceptors (Lipinski definition) is 4. The summed E-state index contributed by atoms with van der Waals surface area (Å²) in [7, 11) is 0. The van der Waals surface area contributed by atoms with E-state index in [4.69, 9.17) is 11.6 Å². The van der Waals surface area contributed by atoms with Gasteiger partial charge in [0.1, 0.15) is 0 Å². The zero-order valence-corrected chi connectivity index (χ0v) is 13.0. The lowest BCUT2D eigenvalue weighted by atomic mass is 10.0. The summed E-state index contributed by atoms with van der Waals surface area (Å²) in [6.07, 6.45) is 0.210. The minimum absolute atomic E-state index is 0.312. The average Bonchev–Trinajstić information content (AvgIpc) is 2.86. The summed E-state index contributed by atoms with van der Waals surface area (Å²) in [6.45, 7) is 1.18. The maximum absolute atomic E-state index is 12.1. The third-order valence-corrected chi connectivity index (χ3v) is 4.17. The molecule has 108 valence electrons. The predicted molar refractivity (Wildman–Crippen MR) is 83.2 cm³/mol. The Kier molecular flexibility index (Phi) is 5.04. The van der Waals surface area contributed by atoms with E-state index in [9.17, 15) is 14.4 Å². The highest BCUT2D eigenvalue weighted by molar-refractivity contribution is 7.10. The number of halogens is 1. The standard InChI is InChI=1S/C16H13ClO3S/c1-10(18)14(19)9-15(20)13-5-6-21-16(13)8-11-3-2-4-12(17)7-11/h2-7H,8-9H2,1H3. The summed E-state index contributed by atoms with van der Waals surface area (Å²) in [5.41, 5.74) is 1.51. The molecule has 0 spiro atoms. The van der Waals surface area contributed by atoms with Crippen molar-refractivity contribution in [3.63, 3.8) is 0 Å². The summed E-state index contributed by atoms with van der Waals surface area (Å²) >= 11 is 7.40. The second-order valence-electron chi connectivity index (χ2n) is 4.64. The van der Waals surface area contributed by atoms with Gasteiger partial charge >= 0.3 is 0 Å². The highest BCUT2D eigenvalue weighted by Crippen LogP contribution is 2.23. The van der Waals surface area contributed by atoms with Crippen molar-refractivity contribution >= 4 is 40.3 Å². The van der Waals surface area contributed by atoms with Crippen LogP contribution in [-0.4, -0.2) is 17.3 Å². The first-order chi connectivity index (χ1) is 9.97. The Morgan fingerprint density at radius 3 is 2.62 bits per heavy atom. The van der Waals surface area contributed by atoms with Crippen LogP contribution in [0.3, 0.4) is 0 Å². The number of Topliss-reactive ketones (excluding diaryl/α,β-unsaturated/α-hetero) is 3. The number of carbonyl (C=O) groups excluding carboxylic acids is 3. The van der Waals surface area contributed by atoms with Crippen molar-refractivity contribution in [3.05, 3.63) is 56.7 Å². The fraction of sp³-hybridized carbons (Fsp3) is 0.188. The van der Waals surface area contributed by atoms with Crippen molar-refractivity contribution in [2.75, 3.05) is 0 Å². The molecule has 0 aliphatic rings. The van der Waals surface area contributed by atoms with Gasteiger partial charge in [-0.05, 0) is 29.1 Å². The predicted octanol–water partition coefficient (Wildman–Crippen LogP) is 3.72. The molecule has 0 unspecified atom stereocenters. The summed E-state index contributed by atoms with van der Waals surface area (Å²) < 4.78 is 0. The van der Waals surface area contributed by atoms with Crippen LogP contribution in [0.1, 0.15) is 34.1 Å². The molecule has 1 heterocycles. The molecule has 0 atom stereocenters. The highest BCUT2D eigenvalue weighted by atomic mass is 35.5. The minimum Gasteiger partial charge on any atom is -0.294 e. The van der Waals surface area contributed by atoms with Crippen molar-refractivity contribution in [1.82, 2.24) is 0 Å². The molecule has 3 nitrogen and oxygen atoms in total. The van der Waals surface area contributed by atoms with Crippen LogP contribution in [0.25, 0.3) is 0 Å². The Balaban J connectivity index is 2.17. The van der Waals surface area contributed by atoms with Crippen LogP contribution in [0.5, 0.6) is 0 Å². The average molecular weight is 321 g/mol. The molecular formula is C16H13ClO3S. The number of ketones is 3. The van der Waals surface area contributed by atoms with Gasteiger partial charge in [-0.25, -0.2) is 0 Å².